The molecule has 0 aliphatic carbocycles. The van der Waals surface area contributed by atoms with Crippen LogP contribution in [0.1, 0.15) is 20.8 Å². The Hall–Kier alpha value is -1.14. The van der Waals surface area contributed by atoms with Crippen molar-refractivity contribution in [3.8, 4) is 6.01 Å². The SMILES string of the molecule is COC(C)CNc1nc(Cl)nc(OC(C)C)n1. The molecule has 0 fully saturated rings. The zero-order valence-corrected chi connectivity index (χ0v) is 11.2. The maximum Gasteiger partial charge on any atom is 0.322 e. The number of methoxy groups -OCH3 is 1. The van der Waals surface area contributed by atoms with E-state index >= 15 is 0 Å². The quantitative estimate of drug-likeness (QED) is 0.841. The number of anilines is 1. The van der Waals surface area contributed by atoms with Gasteiger partial charge in [0.2, 0.25) is 11.2 Å². The predicted molar refractivity (Wildman–Crippen MR) is 65.6 cm³/mol. The number of rotatable bonds is 6. The number of aromatic nitrogens is 3. The fraction of sp³-hybridized carbons (Fsp3) is 0.700. The minimum atomic E-state index is -0.0146. The summed E-state index contributed by atoms with van der Waals surface area (Å²) in [7, 11) is 1.64. The molecule has 1 heterocycles. The third-order valence-electron chi connectivity index (χ3n) is 1.88. The first-order chi connectivity index (χ1) is 8.01. The second-order valence-corrected chi connectivity index (χ2v) is 4.14. The summed E-state index contributed by atoms with van der Waals surface area (Å²) in [5, 5.41) is 3.10. The van der Waals surface area contributed by atoms with E-state index < -0.39 is 0 Å². The minimum absolute atomic E-state index is 0.0146. The molecule has 0 amide bonds. The minimum Gasteiger partial charge on any atom is -0.461 e. The molecule has 1 aromatic heterocycles. The summed E-state index contributed by atoms with van der Waals surface area (Å²) in [5.41, 5.74) is 0. The molecule has 0 aliphatic rings. The Morgan fingerprint density at radius 3 is 2.53 bits per heavy atom. The van der Waals surface area contributed by atoms with Crippen molar-refractivity contribution in [1.29, 1.82) is 0 Å². The molecule has 1 unspecified atom stereocenters. The van der Waals surface area contributed by atoms with Crippen molar-refractivity contribution < 1.29 is 9.47 Å². The highest BCUT2D eigenvalue weighted by Crippen LogP contribution is 2.12. The molecule has 1 atom stereocenters. The van der Waals surface area contributed by atoms with Crippen molar-refractivity contribution >= 4 is 17.5 Å². The second kappa shape index (κ2) is 6.56. The van der Waals surface area contributed by atoms with Gasteiger partial charge in [-0.25, -0.2) is 0 Å². The van der Waals surface area contributed by atoms with Gasteiger partial charge in [0.05, 0.1) is 12.2 Å². The lowest BCUT2D eigenvalue weighted by Gasteiger charge is -2.12. The molecular weight excluding hydrogens is 244 g/mol. The van der Waals surface area contributed by atoms with Crippen molar-refractivity contribution in [2.45, 2.75) is 33.0 Å². The van der Waals surface area contributed by atoms with E-state index in [0.717, 1.165) is 0 Å². The fourth-order valence-corrected chi connectivity index (χ4v) is 1.15. The van der Waals surface area contributed by atoms with E-state index in [-0.39, 0.29) is 23.5 Å². The highest BCUT2D eigenvalue weighted by Gasteiger charge is 2.08. The van der Waals surface area contributed by atoms with Gasteiger partial charge in [0.1, 0.15) is 0 Å². The molecule has 0 spiro atoms. The molecule has 7 heteroatoms. The Morgan fingerprint density at radius 1 is 1.24 bits per heavy atom. The van der Waals surface area contributed by atoms with E-state index in [9.17, 15) is 0 Å². The van der Waals surface area contributed by atoms with E-state index in [1.54, 1.807) is 7.11 Å². The van der Waals surface area contributed by atoms with Crippen LogP contribution in [-0.2, 0) is 4.74 Å². The Kier molecular flexibility index (Phi) is 5.37. The Labute approximate surface area is 106 Å². The molecule has 0 saturated heterocycles. The normalized spacial score (nSPS) is 12.6. The molecule has 1 N–H and O–H groups in total. The molecule has 0 bridgehead atoms. The number of nitrogens with zero attached hydrogens (tertiary/aromatic N) is 3. The largest absolute Gasteiger partial charge is 0.461 e. The molecule has 0 saturated carbocycles. The molecule has 17 heavy (non-hydrogen) atoms. The van der Waals surface area contributed by atoms with Crippen LogP contribution in [0.5, 0.6) is 6.01 Å². The third-order valence-corrected chi connectivity index (χ3v) is 2.05. The first kappa shape index (κ1) is 13.9. The number of halogens is 1. The summed E-state index contributed by atoms with van der Waals surface area (Å²) in [5.74, 6) is 0.379. The fourth-order valence-electron chi connectivity index (χ4n) is 0.993. The smallest absolute Gasteiger partial charge is 0.322 e. The van der Waals surface area contributed by atoms with Gasteiger partial charge in [-0.15, -0.1) is 0 Å². The predicted octanol–water partition coefficient (Wildman–Crippen LogP) is 1.76. The van der Waals surface area contributed by atoms with Crippen molar-refractivity contribution in [2.75, 3.05) is 19.0 Å². The van der Waals surface area contributed by atoms with Crippen LogP contribution in [-0.4, -0.2) is 40.8 Å². The van der Waals surface area contributed by atoms with E-state index in [1.807, 2.05) is 20.8 Å². The highest BCUT2D eigenvalue weighted by atomic mass is 35.5. The molecular formula is C10H17ClN4O2. The number of nitrogens with one attached hydrogen (secondary N) is 1. The first-order valence-electron chi connectivity index (χ1n) is 5.36. The van der Waals surface area contributed by atoms with Gasteiger partial charge in [-0.05, 0) is 32.4 Å². The number of ether oxygens (including phenoxy) is 2. The van der Waals surface area contributed by atoms with Crippen LogP contribution in [0.15, 0.2) is 0 Å². The van der Waals surface area contributed by atoms with Gasteiger partial charge in [0, 0.05) is 13.7 Å². The van der Waals surface area contributed by atoms with Crippen molar-refractivity contribution in [3.63, 3.8) is 0 Å². The molecule has 96 valence electrons. The molecule has 0 radical (unpaired) electrons. The maximum atomic E-state index is 5.77. The average Bonchev–Trinajstić information content (AvgIpc) is 2.24. The summed E-state index contributed by atoms with van der Waals surface area (Å²) in [6.07, 6.45) is 0.0409. The highest BCUT2D eigenvalue weighted by molar-refractivity contribution is 6.28. The molecule has 1 rings (SSSR count). The van der Waals surface area contributed by atoms with E-state index in [0.29, 0.717) is 12.5 Å². The summed E-state index contributed by atoms with van der Waals surface area (Å²) >= 11 is 5.77. The van der Waals surface area contributed by atoms with Crippen LogP contribution in [0.25, 0.3) is 0 Å². The number of hydrogen-bond donors (Lipinski definition) is 1. The van der Waals surface area contributed by atoms with Crippen LogP contribution in [0.2, 0.25) is 5.28 Å². The van der Waals surface area contributed by atoms with Crippen LogP contribution in [0, 0.1) is 0 Å². The lowest BCUT2D eigenvalue weighted by Crippen LogP contribution is -2.20. The summed E-state index contributed by atoms with van der Waals surface area (Å²) in [6, 6.07) is 0.215. The summed E-state index contributed by atoms with van der Waals surface area (Å²) < 4.78 is 10.4. The van der Waals surface area contributed by atoms with E-state index in [1.165, 1.54) is 0 Å². The lowest BCUT2D eigenvalue weighted by atomic mass is 10.4. The molecule has 1 aromatic rings. The van der Waals surface area contributed by atoms with Gasteiger partial charge in [-0.2, -0.15) is 15.0 Å². The van der Waals surface area contributed by atoms with Gasteiger partial charge in [0.25, 0.3) is 0 Å². The molecule has 6 nitrogen and oxygen atoms in total. The van der Waals surface area contributed by atoms with E-state index in [4.69, 9.17) is 21.1 Å². The van der Waals surface area contributed by atoms with Crippen molar-refractivity contribution in [1.82, 2.24) is 15.0 Å². The second-order valence-electron chi connectivity index (χ2n) is 3.80. The van der Waals surface area contributed by atoms with Gasteiger partial charge in [-0.3, -0.25) is 0 Å². The monoisotopic (exact) mass is 260 g/mol. The van der Waals surface area contributed by atoms with Gasteiger partial charge in [0.15, 0.2) is 0 Å². The lowest BCUT2D eigenvalue weighted by molar-refractivity contribution is 0.128. The molecule has 0 aromatic carbocycles. The summed E-state index contributed by atoms with van der Waals surface area (Å²) in [6.45, 7) is 6.29. The zero-order chi connectivity index (χ0) is 12.8. The van der Waals surface area contributed by atoms with Crippen LogP contribution in [0.4, 0.5) is 5.95 Å². The van der Waals surface area contributed by atoms with Gasteiger partial charge < -0.3 is 14.8 Å². The van der Waals surface area contributed by atoms with Crippen LogP contribution in [0.3, 0.4) is 0 Å². The topological polar surface area (TPSA) is 69.2 Å². The van der Waals surface area contributed by atoms with Gasteiger partial charge >= 0.3 is 6.01 Å². The Balaban J connectivity index is 2.68. The first-order valence-corrected chi connectivity index (χ1v) is 5.74. The Morgan fingerprint density at radius 2 is 1.94 bits per heavy atom. The zero-order valence-electron chi connectivity index (χ0n) is 10.4. The molecule has 0 aliphatic heterocycles. The van der Waals surface area contributed by atoms with Crippen LogP contribution < -0.4 is 10.1 Å². The van der Waals surface area contributed by atoms with Crippen molar-refractivity contribution in [3.05, 3.63) is 5.28 Å². The maximum absolute atomic E-state index is 5.77. The van der Waals surface area contributed by atoms with Gasteiger partial charge in [-0.1, -0.05) is 0 Å². The summed E-state index contributed by atoms with van der Waals surface area (Å²) in [4.78, 5) is 11.9. The van der Waals surface area contributed by atoms with Crippen LogP contribution >= 0.6 is 11.6 Å². The third kappa shape index (κ3) is 5.14. The van der Waals surface area contributed by atoms with E-state index in [2.05, 4.69) is 20.3 Å². The number of hydrogen-bond acceptors (Lipinski definition) is 6. The van der Waals surface area contributed by atoms with Crippen molar-refractivity contribution in [2.24, 2.45) is 0 Å². The Bertz CT molecular complexity index is 362. The standard InChI is InChI=1S/C10H17ClN4O2/c1-6(2)17-10-14-8(11)13-9(15-10)12-5-7(3)16-4/h6-7H,5H2,1-4H3,(H,12,13,14,15). The average molecular weight is 261 g/mol.